The van der Waals surface area contributed by atoms with Crippen LogP contribution in [0.25, 0.3) is 0 Å². The number of anilines is 1. The average Bonchev–Trinajstić information content (AvgIpc) is 2.57. The normalized spacial score (nSPS) is 11.0. The summed E-state index contributed by atoms with van der Waals surface area (Å²) in [6.07, 6.45) is 0.486. The van der Waals surface area contributed by atoms with Crippen LogP contribution in [0.2, 0.25) is 0 Å². The van der Waals surface area contributed by atoms with Crippen molar-refractivity contribution in [3.63, 3.8) is 0 Å². The molecule has 0 saturated carbocycles. The molecule has 1 aromatic rings. The van der Waals surface area contributed by atoms with Crippen LogP contribution in [0.3, 0.4) is 0 Å². The van der Waals surface area contributed by atoms with E-state index in [9.17, 15) is 4.79 Å². The third-order valence-electron chi connectivity index (χ3n) is 2.86. The van der Waals surface area contributed by atoms with Crippen molar-refractivity contribution in [1.82, 2.24) is 15.1 Å². The standard InChI is InChI=1S/C13H24N4O/c1-6-14-8-7-12(18)15-13-10(4)16-17(9(2)3)11(13)5/h9,14H,6-8H2,1-5H3,(H,15,18). The summed E-state index contributed by atoms with van der Waals surface area (Å²) >= 11 is 0. The Hall–Kier alpha value is -1.36. The Labute approximate surface area is 109 Å². The van der Waals surface area contributed by atoms with Gasteiger partial charge in [-0.3, -0.25) is 9.48 Å². The van der Waals surface area contributed by atoms with Crippen molar-refractivity contribution < 1.29 is 4.79 Å². The molecule has 0 aliphatic carbocycles. The topological polar surface area (TPSA) is 59.0 Å². The zero-order chi connectivity index (χ0) is 13.7. The summed E-state index contributed by atoms with van der Waals surface area (Å²) < 4.78 is 1.94. The minimum absolute atomic E-state index is 0.0328. The van der Waals surface area contributed by atoms with Gasteiger partial charge >= 0.3 is 0 Å². The van der Waals surface area contributed by atoms with Gasteiger partial charge in [-0.05, 0) is 34.2 Å². The van der Waals surface area contributed by atoms with Crippen LogP contribution in [0.5, 0.6) is 0 Å². The third-order valence-corrected chi connectivity index (χ3v) is 2.86. The van der Waals surface area contributed by atoms with E-state index in [2.05, 4.69) is 29.6 Å². The van der Waals surface area contributed by atoms with Crippen LogP contribution >= 0.6 is 0 Å². The van der Waals surface area contributed by atoms with Gasteiger partial charge in [0.05, 0.1) is 17.1 Å². The van der Waals surface area contributed by atoms with Gasteiger partial charge < -0.3 is 10.6 Å². The fourth-order valence-corrected chi connectivity index (χ4v) is 1.93. The first-order valence-electron chi connectivity index (χ1n) is 6.53. The number of rotatable bonds is 6. The van der Waals surface area contributed by atoms with E-state index in [1.807, 2.05) is 25.5 Å². The highest BCUT2D eigenvalue weighted by Gasteiger charge is 2.15. The fraction of sp³-hybridized carbons (Fsp3) is 0.692. The Balaban J connectivity index is 2.70. The Kier molecular flexibility index (Phi) is 5.34. The molecule has 2 N–H and O–H groups in total. The lowest BCUT2D eigenvalue weighted by Gasteiger charge is -2.09. The zero-order valence-corrected chi connectivity index (χ0v) is 12.0. The van der Waals surface area contributed by atoms with E-state index in [1.54, 1.807) is 0 Å². The molecule has 0 fully saturated rings. The molecule has 1 heterocycles. The third kappa shape index (κ3) is 3.57. The van der Waals surface area contributed by atoms with Crippen LogP contribution in [0.15, 0.2) is 0 Å². The maximum atomic E-state index is 11.8. The smallest absolute Gasteiger partial charge is 0.225 e. The van der Waals surface area contributed by atoms with E-state index in [-0.39, 0.29) is 5.91 Å². The summed E-state index contributed by atoms with van der Waals surface area (Å²) in [5, 5.41) is 10.5. The number of aryl methyl sites for hydroxylation is 1. The van der Waals surface area contributed by atoms with Gasteiger partial charge in [0.1, 0.15) is 0 Å². The summed E-state index contributed by atoms with van der Waals surface area (Å²) in [5.41, 5.74) is 2.74. The molecule has 0 aromatic carbocycles. The van der Waals surface area contributed by atoms with Gasteiger partial charge in [0.2, 0.25) is 5.91 Å². The van der Waals surface area contributed by atoms with Crippen LogP contribution < -0.4 is 10.6 Å². The Morgan fingerprint density at radius 1 is 1.39 bits per heavy atom. The molecule has 0 atom stereocenters. The molecule has 0 saturated heterocycles. The second kappa shape index (κ2) is 6.54. The number of nitrogens with zero attached hydrogens (tertiary/aromatic N) is 2. The number of hydrogen-bond donors (Lipinski definition) is 2. The first-order chi connectivity index (χ1) is 8.47. The van der Waals surface area contributed by atoms with Crippen molar-refractivity contribution in [2.75, 3.05) is 18.4 Å². The Morgan fingerprint density at radius 2 is 2.06 bits per heavy atom. The molecule has 0 aliphatic rings. The van der Waals surface area contributed by atoms with Crippen molar-refractivity contribution in [2.45, 2.75) is 47.1 Å². The number of hydrogen-bond acceptors (Lipinski definition) is 3. The van der Waals surface area contributed by atoms with Crippen LogP contribution in [-0.2, 0) is 4.79 Å². The van der Waals surface area contributed by atoms with E-state index in [0.717, 1.165) is 23.6 Å². The van der Waals surface area contributed by atoms with Crippen molar-refractivity contribution >= 4 is 11.6 Å². The molecule has 0 spiro atoms. The molecule has 1 aromatic heterocycles. The molecule has 18 heavy (non-hydrogen) atoms. The van der Waals surface area contributed by atoms with Crippen LogP contribution in [-0.4, -0.2) is 28.8 Å². The van der Waals surface area contributed by atoms with E-state index in [1.165, 1.54) is 0 Å². The molecular formula is C13H24N4O. The second-order valence-electron chi connectivity index (χ2n) is 4.74. The van der Waals surface area contributed by atoms with Gasteiger partial charge in [-0.1, -0.05) is 6.92 Å². The summed E-state index contributed by atoms with van der Waals surface area (Å²) in [4.78, 5) is 11.8. The quantitative estimate of drug-likeness (QED) is 0.761. The van der Waals surface area contributed by atoms with E-state index in [0.29, 0.717) is 19.0 Å². The first kappa shape index (κ1) is 14.7. The number of nitrogens with one attached hydrogen (secondary N) is 2. The van der Waals surface area contributed by atoms with Gasteiger partial charge in [0.15, 0.2) is 0 Å². The summed E-state index contributed by atoms with van der Waals surface area (Å²) in [5.74, 6) is 0.0328. The summed E-state index contributed by atoms with van der Waals surface area (Å²) in [6.45, 7) is 11.7. The molecule has 1 amide bonds. The summed E-state index contributed by atoms with van der Waals surface area (Å²) in [7, 11) is 0. The lowest BCUT2D eigenvalue weighted by Crippen LogP contribution is -2.21. The van der Waals surface area contributed by atoms with Crippen LogP contribution in [0, 0.1) is 13.8 Å². The summed E-state index contributed by atoms with van der Waals surface area (Å²) in [6, 6.07) is 0.302. The Bertz CT molecular complexity index is 409. The highest BCUT2D eigenvalue weighted by Crippen LogP contribution is 2.22. The van der Waals surface area contributed by atoms with Crippen LogP contribution in [0.1, 0.15) is 44.6 Å². The number of carbonyl (C=O) groups is 1. The van der Waals surface area contributed by atoms with E-state index in [4.69, 9.17) is 0 Å². The predicted molar refractivity (Wildman–Crippen MR) is 73.9 cm³/mol. The minimum Gasteiger partial charge on any atom is -0.323 e. The van der Waals surface area contributed by atoms with Gasteiger partial charge in [-0.15, -0.1) is 0 Å². The zero-order valence-electron chi connectivity index (χ0n) is 12.0. The van der Waals surface area contributed by atoms with Gasteiger partial charge in [-0.25, -0.2) is 0 Å². The lowest BCUT2D eigenvalue weighted by molar-refractivity contribution is -0.116. The van der Waals surface area contributed by atoms with E-state index >= 15 is 0 Å². The van der Waals surface area contributed by atoms with Crippen LogP contribution in [0.4, 0.5) is 5.69 Å². The van der Waals surface area contributed by atoms with Gasteiger partial charge in [0.25, 0.3) is 0 Å². The fourth-order valence-electron chi connectivity index (χ4n) is 1.93. The largest absolute Gasteiger partial charge is 0.323 e. The molecule has 0 bridgehead atoms. The molecule has 0 aliphatic heterocycles. The monoisotopic (exact) mass is 252 g/mol. The van der Waals surface area contributed by atoms with Crippen molar-refractivity contribution in [3.05, 3.63) is 11.4 Å². The highest BCUT2D eigenvalue weighted by atomic mass is 16.1. The number of amides is 1. The SMILES string of the molecule is CCNCCC(=O)Nc1c(C)nn(C(C)C)c1C. The maximum Gasteiger partial charge on any atom is 0.225 e. The predicted octanol–water partition coefficient (Wildman–Crippen LogP) is 2.02. The average molecular weight is 252 g/mol. The molecule has 102 valence electrons. The molecule has 0 radical (unpaired) electrons. The highest BCUT2D eigenvalue weighted by molar-refractivity contribution is 5.92. The molecule has 5 heteroatoms. The van der Waals surface area contributed by atoms with Crippen molar-refractivity contribution in [1.29, 1.82) is 0 Å². The number of carbonyl (C=O) groups excluding carboxylic acids is 1. The van der Waals surface area contributed by atoms with Gasteiger partial charge in [-0.2, -0.15) is 5.10 Å². The number of aromatic nitrogens is 2. The van der Waals surface area contributed by atoms with Crippen molar-refractivity contribution in [3.8, 4) is 0 Å². The molecule has 5 nitrogen and oxygen atoms in total. The molecule has 1 rings (SSSR count). The van der Waals surface area contributed by atoms with Crippen molar-refractivity contribution in [2.24, 2.45) is 0 Å². The minimum atomic E-state index is 0.0328. The second-order valence-corrected chi connectivity index (χ2v) is 4.74. The lowest BCUT2D eigenvalue weighted by atomic mass is 10.3. The molecular weight excluding hydrogens is 228 g/mol. The first-order valence-corrected chi connectivity index (χ1v) is 6.53. The maximum absolute atomic E-state index is 11.8. The Morgan fingerprint density at radius 3 is 2.56 bits per heavy atom. The van der Waals surface area contributed by atoms with E-state index < -0.39 is 0 Å². The molecule has 0 unspecified atom stereocenters. The van der Waals surface area contributed by atoms with Gasteiger partial charge in [0, 0.05) is 19.0 Å².